The SMILES string of the molecule is CC/C=C\C/C=C\C/C=C\CCCCCCCCOCC(CO)OC(=O)CCCCCCCC. The lowest BCUT2D eigenvalue weighted by Crippen LogP contribution is -2.27. The minimum atomic E-state index is -0.533. The van der Waals surface area contributed by atoms with Crippen LogP contribution in [0.4, 0.5) is 0 Å². The summed E-state index contributed by atoms with van der Waals surface area (Å²) in [7, 11) is 0. The quantitative estimate of drug-likeness (QED) is 0.0815. The molecule has 0 aromatic heterocycles. The van der Waals surface area contributed by atoms with E-state index < -0.39 is 6.10 Å². The van der Waals surface area contributed by atoms with Crippen LogP contribution in [0.5, 0.6) is 0 Å². The van der Waals surface area contributed by atoms with Crippen LogP contribution in [-0.4, -0.2) is 37.0 Å². The summed E-state index contributed by atoms with van der Waals surface area (Å²) in [5.41, 5.74) is 0. The van der Waals surface area contributed by atoms with Crippen molar-refractivity contribution < 1.29 is 19.4 Å². The fraction of sp³-hybridized carbons (Fsp3) is 0.767. The number of ether oxygens (including phenoxy) is 2. The summed E-state index contributed by atoms with van der Waals surface area (Å²) >= 11 is 0. The molecular weight excluding hydrogens is 424 g/mol. The first-order chi connectivity index (χ1) is 16.7. The Morgan fingerprint density at radius 3 is 2.00 bits per heavy atom. The van der Waals surface area contributed by atoms with Crippen LogP contribution in [0.15, 0.2) is 36.5 Å². The summed E-state index contributed by atoms with van der Waals surface area (Å²) in [6.07, 6.45) is 31.8. The smallest absolute Gasteiger partial charge is 0.306 e. The lowest BCUT2D eigenvalue weighted by atomic mass is 10.1. The van der Waals surface area contributed by atoms with Gasteiger partial charge in [0.25, 0.3) is 0 Å². The molecule has 0 aliphatic heterocycles. The Hall–Kier alpha value is -1.39. The van der Waals surface area contributed by atoms with Crippen molar-refractivity contribution >= 4 is 5.97 Å². The Bertz CT molecular complexity index is 510. The molecule has 198 valence electrons. The molecule has 0 saturated carbocycles. The van der Waals surface area contributed by atoms with Crippen molar-refractivity contribution in [2.75, 3.05) is 19.8 Å². The van der Waals surface area contributed by atoms with E-state index >= 15 is 0 Å². The molecule has 0 saturated heterocycles. The zero-order valence-corrected chi connectivity index (χ0v) is 22.4. The minimum Gasteiger partial charge on any atom is -0.457 e. The van der Waals surface area contributed by atoms with E-state index in [2.05, 4.69) is 50.3 Å². The summed E-state index contributed by atoms with van der Waals surface area (Å²) in [5.74, 6) is -0.218. The molecular formula is C30H54O4. The number of hydrogen-bond donors (Lipinski definition) is 1. The van der Waals surface area contributed by atoms with Gasteiger partial charge in [-0.3, -0.25) is 4.79 Å². The first-order valence-corrected chi connectivity index (χ1v) is 14.1. The van der Waals surface area contributed by atoms with Crippen molar-refractivity contribution in [3.05, 3.63) is 36.5 Å². The summed E-state index contributed by atoms with van der Waals surface area (Å²) < 4.78 is 11.0. The maximum atomic E-state index is 11.9. The number of aliphatic hydroxyl groups is 1. The third kappa shape index (κ3) is 25.2. The van der Waals surface area contributed by atoms with E-state index in [0.717, 1.165) is 44.9 Å². The van der Waals surface area contributed by atoms with Gasteiger partial charge in [-0.25, -0.2) is 0 Å². The van der Waals surface area contributed by atoms with Crippen molar-refractivity contribution in [1.82, 2.24) is 0 Å². The third-order valence-electron chi connectivity index (χ3n) is 5.73. The largest absolute Gasteiger partial charge is 0.457 e. The fourth-order valence-electron chi connectivity index (χ4n) is 3.63. The maximum absolute atomic E-state index is 11.9. The van der Waals surface area contributed by atoms with Crippen LogP contribution in [0.1, 0.15) is 123 Å². The second-order valence-electron chi connectivity index (χ2n) is 9.09. The van der Waals surface area contributed by atoms with Crippen LogP contribution in [0.2, 0.25) is 0 Å². The molecule has 0 bridgehead atoms. The average molecular weight is 479 g/mol. The van der Waals surface area contributed by atoms with Gasteiger partial charge in [0.2, 0.25) is 0 Å². The predicted octanol–water partition coefficient (Wildman–Crippen LogP) is 8.25. The molecule has 4 heteroatoms. The monoisotopic (exact) mass is 478 g/mol. The molecule has 1 unspecified atom stereocenters. The standard InChI is InChI=1S/C30H54O4/c1-3-5-7-9-11-12-13-14-15-16-17-18-19-20-22-24-26-33-28-29(27-31)34-30(32)25-23-21-10-8-6-4-2/h5,7,11-12,14-15,29,31H,3-4,6,8-10,13,16-28H2,1-2H3/b7-5-,12-11-,15-14-. The Morgan fingerprint density at radius 1 is 0.735 bits per heavy atom. The first-order valence-electron chi connectivity index (χ1n) is 14.1. The average Bonchev–Trinajstić information content (AvgIpc) is 2.84. The van der Waals surface area contributed by atoms with Crippen LogP contribution in [0, 0.1) is 0 Å². The Kier molecular flexibility index (Phi) is 26.7. The van der Waals surface area contributed by atoms with Crippen molar-refractivity contribution in [3.63, 3.8) is 0 Å². The number of hydrogen-bond acceptors (Lipinski definition) is 4. The van der Waals surface area contributed by atoms with Crippen molar-refractivity contribution in [3.8, 4) is 0 Å². The van der Waals surface area contributed by atoms with Crippen LogP contribution in [0.3, 0.4) is 0 Å². The molecule has 1 atom stereocenters. The van der Waals surface area contributed by atoms with Gasteiger partial charge in [0.1, 0.15) is 6.10 Å². The molecule has 4 nitrogen and oxygen atoms in total. The van der Waals surface area contributed by atoms with Gasteiger partial charge in [0.05, 0.1) is 13.2 Å². The summed E-state index contributed by atoms with van der Waals surface area (Å²) in [5, 5.41) is 9.42. The van der Waals surface area contributed by atoms with Gasteiger partial charge in [0.15, 0.2) is 0 Å². The van der Waals surface area contributed by atoms with Crippen LogP contribution in [-0.2, 0) is 14.3 Å². The van der Waals surface area contributed by atoms with Crippen LogP contribution >= 0.6 is 0 Å². The van der Waals surface area contributed by atoms with Gasteiger partial charge in [-0.1, -0.05) is 108 Å². The highest BCUT2D eigenvalue weighted by molar-refractivity contribution is 5.69. The molecule has 1 N–H and O–H groups in total. The molecule has 0 amide bonds. The second kappa shape index (κ2) is 27.9. The predicted molar refractivity (Wildman–Crippen MR) is 145 cm³/mol. The van der Waals surface area contributed by atoms with E-state index in [1.54, 1.807) is 0 Å². The summed E-state index contributed by atoms with van der Waals surface area (Å²) in [6, 6.07) is 0. The van der Waals surface area contributed by atoms with Crippen LogP contribution < -0.4 is 0 Å². The van der Waals surface area contributed by atoms with Gasteiger partial charge >= 0.3 is 5.97 Å². The Labute approximate surface area is 210 Å². The van der Waals surface area contributed by atoms with Gasteiger partial charge in [-0.2, -0.15) is 0 Å². The number of rotatable bonds is 25. The van der Waals surface area contributed by atoms with Crippen molar-refractivity contribution in [1.29, 1.82) is 0 Å². The fourth-order valence-corrected chi connectivity index (χ4v) is 3.63. The van der Waals surface area contributed by atoms with Crippen molar-refractivity contribution in [2.24, 2.45) is 0 Å². The lowest BCUT2D eigenvalue weighted by Gasteiger charge is -2.15. The Balaban J connectivity index is 3.47. The van der Waals surface area contributed by atoms with Gasteiger partial charge in [0, 0.05) is 13.0 Å². The number of aliphatic hydroxyl groups excluding tert-OH is 1. The number of unbranched alkanes of at least 4 members (excludes halogenated alkanes) is 11. The molecule has 0 spiro atoms. The van der Waals surface area contributed by atoms with E-state index in [1.165, 1.54) is 57.8 Å². The molecule has 0 radical (unpaired) electrons. The molecule has 0 aromatic carbocycles. The number of carbonyl (C=O) groups is 1. The van der Waals surface area contributed by atoms with Crippen LogP contribution in [0.25, 0.3) is 0 Å². The second-order valence-corrected chi connectivity index (χ2v) is 9.09. The summed E-state index contributed by atoms with van der Waals surface area (Å²) in [4.78, 5) is 11.9. The van der Waals surface area contributed by atoms with Gasteiger partial charge < -0.3 is 14.6 Å². The topological polar surface area (TPSA) is 55.8 Å². The van der Waals surface area contributed by atoms with E-state index in [9.17, 15) is 9.90 Å². The highest BCUT2D eigenvalue weighted by atomic mass is 16.6. The Morgan fingerprint density at radius 2 is 1.32 bits per heavy atom. The lowest BCUT2D eigenvalue weighted by molar-refractivity contribution is -0.154. The van der Waals surface area contributed by atoms with E-state index in [-0.39, 0.29) is 19.2 Å². The van der Waals surface area contributed by atoms with E-state index in [4.69, 9.17) is 9.47 Å². The molecule has 0 rings (SSSR count). The molecule has 34 heavy (non-hydrogen) atoms. The zero-order valence-electron chi connectivity index (χ0n) is 22.4. The molecule has 0 fully saturated rings. The normalized spacial score (nSPS) is 12.9. The number of allylic oxidation sites excluding steroid dienone is 6. The number of esters is 1. The minimum absolute atomic E-state index is 0.177. The van der Waals surface area contributed by atoms with E-state index in [1.807, 2.05) is 0 Å². The highest BCUT2D eigenvalue weighted by Gasteiger charge is 2.13. The maximum Gasteiger partial charge on any atom is 0.306 e. The third-order valence-corrected chi connectivity index (χ3v) is 5.73. The molecule has 0 heterocycles. The number of carbonyl (C=O) groups excluding carboxylic acids is 1. The molecule has 0 aromatic rings. The van der Waals surface area contributed by atoms with E-state index in [0.29, 0.717) is 13.0 Å². The zero-order chi connectivity index (χ0) is 25.0. The molecule has 0 aliphatic rings. The van der Waals surface area contributed by atoms with Crippen molar-refractivity contribution in [2.45, 2.75) is 129 Å². The van der Waals surface area contributed by atoms with Gasteiger partial charge in [-0.15, -0.1) is 0 Å². The highest BCUT2D eigenvalue weighted by Crippen LogP contribution is 2.10. The summed E-state index contributed by atoms with van der Waals surface area (Å²) in [6.45, 7) is 5.13. The first kappa shape index (κ1) is 32.6. The van der Waals surface area contributed by atoms with Gasteiger partial charge in [-0.05, 0) is 44.9 Å². The molecule has 0 aliphatic carbocycles.